The standard InChI is InChI=1S/C14H18O6.Po.2H/c1-2-10-9-11(13(17)19-7-5-15)3-4-12(10)14(18)20-8-6-16;;;/h2-4,9,12,15-16H,5-8H2,1H3;;;. The van der Waals surface area contributed by atoms with Gasteiger partial charge >= 0.3 is 38.5 Å². The Kier molecular flexibility index (Phi) is 10.1. The Bertz CT molecular complexity index is 452. The van der Waals surface area contributed by atoms with Crippen LogP contribution in [-0.2, 0) is 19.1 Å². The third kappa shape index (κ3) is 6.09. The first kappa shape index (κ1) is 20.0. The van der Waals surface area contributed by atoms with Crippen molar-refractivity contribution in [2.45, 2.75) is 6.92 Å². The Labute approximate surface area is 142 Å². The van der Waals surface area contributed by atoms with Crippen LogP contribution >= 0.6 is 0 Å². The molecule has 0 radical (unpaired) electrons. The van der Waals surface area contributed by atoms with Gasteiger partial charge in [0.25, 0.3) is 0 Å². The number of hydrogen-bond acceptors (Lipinski definition) is 6. The maximum atomic E-state index is 11.8. The van der Waals surface area contributed by atoms with Gasteiger partial charge in [-0.3, -0.25) is 4.79 Å². The molecule has 0 fully saturated rings. The van der Waals surface area contributed by atoms with Crippen molar-refractivity contribution in [2.75, 3.05) is 26.4 Å². The molecule has 1 atom stereocenters. The van der Waals surface area contributed by atoms with E-state index < -0.39 is 17.9 Å². The van der Waals surface area contributed by atoms with Crippen molar-refractivity contribution in [1.82, 2.24) is 0 Å². The Balaban J connectivity index is 0.00000400. The second-order valence-electron chi connectivity index (χ2n) is 3.98. The average Bonchev–Trinajstić information content (AvgIpc) is 2.49. The van der Waals surface area contributed by atoms with Gasteiger partial charge in [-0.25, -0.2) is 4.79 Å². The van der Waals surface area contributed by atoms with Crippen LogP contribution in [0.3, 0.4) is 0 Å². The molecule has 2 N–H and O–H groups in total. The van der Waals surface area contributed by atoms with E-state index in [1.54, 1.807) is 25.2 Å². The van der Waals surface area contributed by atoms with Gasteiger partial charge in [0.1, 0.15) is 13.2 Å². The third-order valence-corrected chi connectivity index (χ3v) is 2.63. The molecule has 1 aliphatic carbocycles. The van der Waals surface area contributed by atoms with E-state index in [1.165, 1.54) is 6.08 Å². The van der Waals surface area contributed by atoms with Crippen LogP contribution in [0.15, 0.2) is 35.5 Å². The predicted octanol–water partition coefficient (Wildman–Crippen LogP) is -0.800. The van der Waals surface area contributed by atoms with Gasteiger partial charge in [0.05, 0.1) is 24.7 Å². The van der Waals surface area contributed by atoms with Crippen molar-refractivity contribution in [1.29, 1.82) is 0 Å². The van der Waals surface area contributed by atoms with E-state index in [0.717, 1.165) is 0 Å². The van der Waals surface area contributed by atoms with E-state index >= 15 is 0 Å². The molecule has 6 nitrogen and oxygen atoms in total. The van der Waals surface area contributed by atoms with Gasteiger partial charge in [-0.1, -0.05) is 18.2 Å². The minimum atomic E-state index is -0.596. The van der Waals surface area contributed by atoms with Gasteiger partial charge in [0, 0.05) is 0 Å². The van der Waals surface area contributed by atoms with E-state index in [-0.39, 0.29) is 53.0 Å². The van der Waals surface area contributed by atoms with Crippen LogP contribution in [0, 0.1) is 5.92 Å². The summed E-state index contributed by atoms with van der Waals surface area (Å²) in [6.07, 6.45) is 6.28. The van der Waals surface area contributed by atoms with Gasteiger partial charge in [0.2, 0.25) is 0 Å². The molecule has 0 saturated heterocycles. The van der Waals surface area contributed by atoms with E-state index in [4.69, 9.17) is 19.7 Å². The molecular weight excluding hydrogens is 473 g/mol. The van der Waals surface area contributed by atoms with Crippen molar-refractivity contribution in [3.05, 3.63) is 35.5 Å². The molecule has 0 saturated carbocycles. The van der Waals surface area contributed by atoms with Gasteiger partial charge in [-0.05, 0) is 18.6 Å². The summed E-state index contributed by atoms with van der Waals surface area (Å²) in [4.78, 5) is 23.4. The second kappa shape index (κ2) is 10.7. The molecule has 0 aromatic rings. The Morgan fingerprint density at radius 3 is 2.43 bits per heavy atom. The normalized spacial score (nSPS) is 18.7. The van der Waals surface area contributed by atoms with E-state index in [1.807, 2.05) is 0 Å². The zero-order valence-electron chi connectivity index (χ0n) is 11.7. The molecule has 0 aromatic heterocycles. The van der Waals surface area contributed by atoms with Crippen molar-refractivity contribution in [2.24, 2.45) is 5.92 Å². The zero-order valence-corrected chi connectivity index (χ0v) is 15.6. The van der Waals surface area contributed by atoms with Gasteiger partial charge in [-0.2, -0.15) is 0 Å². The number of hydrogen-bond donors (Lipinski definition) is 2. The number of allylic oxidation sites excluding steroid dienone is 2. The Hall–Kier alpha value is -1.02. The summed E-state index contributed by atoms with van der Waals surface area (Å²) < 4.78 is 9.66. The average molecular weight is 493 g/mol. The van der Waals surface area contributed by atoms with Crippen LogP contribution < -0.4 is 0 Å². The molecule has 0 heterocycles. The predicted molar refractivity (Wildman–Crippen MR) is 79.1 cm³/mol. The van der Waals surface area contributed by atoms with Crippen LogP contribution in [0.5, 0.6) is 0 Å². The van der Waals surface area contributed by atoms with Crippen molar-refractivity contribution < 1.29 is 29.3 Å². The molecule has 0 amide bonds. The number of aliphatic hydroxyl groups excluding tert-OH is 2. The quantitative estimate of drug-likeness (QED) is 0.471. The van der Waals surface area contributed by atoms with E-state index in [9.17, 15) is 9.59 Å². The van der Waals surface area contributed by atoms with Crippen molar-refractivity contribution >= 4 is 38.5 Å². The minimum absolute atomic E-state index is 0. The van der Waals surface area contributed by atoms with E-state index in [2.05, 4.69) is 0 Å². The Morgan fingerprint density at radius 1 is 1.24 bits per heavy atom. The third-order valence-electron chi connectivity index (χ3n) is 2.63. The number of rotatable bonds is 6. The number of ether oxygens (including phenoxy) is 2. The monoisotopic (exact) mass is 493 g/mol. The summed E-state index contributed by atoms with van der Waals surface area (Å²) in [6, 6.07) is 0. The van der Waals surface area contributed by atoms with Crippen LogP contribution in [-0.4, -0.2) is 75.1 Å². The molecule has 0 aliphatic heterocycles. The molecule has 21 heavy (non-hydrogen) atoms. The molecular formula is C14H20O6Po. The first-order chi connectivity index (χ1) is 9.63. The van der Waals surface area contributed by atoms with Crippen molar-refractivity contribution in [3.8, 4) is 0 Å². The van der Waals surface area contributed by atoms with Crippen molar-refractivity contribution in [3.63, 3.8) is 0 Å². The van der Waals surface area contributed by atoms with E-state index in [0.29, 0.717) is 11.1 Å². The fourth-order valence-corrected chi connectivity index (χ4v) is 1.69. The summed E-state index contributed by atoms with van der Waals surface area (Å²) >= 11 is 0. The molecule has 1 aliphatic rings. The molecule has 0 spiro atoms. The second-order valence-corrected chi connectivity index (χ2v) is 3.98. The number of carbonyl (C=O) groups is 2. The summed E-state index contributed by atoms with van der Waals surface area (Å²) in [5.74, 6) is -1.64. The van der Waals surface area contributed by atoms with Crippen LogP contribution in [0.25, 0.3) is 0 Å². The Morgan fingerprint density at radius 2 is 1.86 bits per heavy atom. The van der Waals surface area contributed by atoms with Gasteiger partial charge in [0.15, 0.2) is 0 Å². The number of aliphatic hydroxyl groups is 2. The zero-order chi connectivity index (χ0) is 15.0. The summed E-state index contributed by atoms with van der Waals surface area (Å²) in [7, 11) is 0. The van der Waals surface area contributed by atoms with Crippen LogP contribution in [0.1, 0.15) is 6.92 Å². The fourth-order valence-electron chi connectivity index (χ4n) is 1.69. The summed E-state index contributed by atoms with van der Waals surface area (Å²) in [5.41, 5.74) is 0.921. The van der Waals surface area contributed by atoms with Gasteiger partial charge in [-0.15, -0.1) is 0 Å². The first-order valence-corrected chi connectivity index (χ1v) is 6.25. The van der Waals surface area contributed by atoms with Crippen LogP contribution in [0.2, 0.25) is 0 Å². The van der Waals surface area contributed by atoms with Crippen LogP contribution in [0.4, 0.5) is 0 Å². The first-order valence-electron chi connectivity index (χ1n) is 6.25. The number of esters is 2. The van der Waals surface area contributed by atoms with Gasteiger partial charge < -0.3 is 19.7 Å². The summed E-state index contributed by atoms with van der Waals surface area (Å²) in [5, 5.41) is 17.2. The summed E-state index contributed by atoms with van der Waals surface area (Å²) in [6.45, 7) is 1.14. The molecule has 0 bridgehead atoms. The molecule has 0 aromatic carbocycles. The fraction of sp³-hybridized carbons (Fsp3) is 0.429. The molecule has 1 unspecified atom stereocenters. The molecule has 7 heteroatoms. The maximum absolute atomic E-state index is 11.8. The topological polar surface area (TPSA) is 93.1 Å². The molecule has 1 rings (SSSR count). The number of carbonyl (C=O) groups excluding carboxylic acids is 2. The SMILES string of the molecule is CC=C1C=C(C(=O)OCCO)C=CC1C(=O)OCCO.[PoH2]. The molecule has 118 valence electrons.